The van der Waals surface area contributed by atoms with Crippen LogP contribution in [-0.2, 0) is 12.8 Å². The molecule has 0 saturated carbocycles. The fraction of sp³-hybridized carbons (Fsp3) is 0.308. The van der Waals surface area contributed by atoms with Gasteiger partial charge in [0.25, 0.3) is 0 Å². The number of hydrogen-bond acceptors (Lipinski definition) is 3. The molecule has 0 aliphatic heterocycles. The van der Waals surface area contributed by atoms with Crippen LogP contribution in [0.15, 0.2) is 34.4 Å². The molecular formula is C13H14BrNOS. The van der Waals surface area contributed by atoms with Crippen LogP contribution in [0.4, 0.5) is 0 Å². The van der Waals surface area contributed by atoms with Crippen LogP contribution in [0.3, 0.4) is 0 Å². The van der Waals surface area contributed by atoms with Gasteiger partial charge in [-0.3, -0.25) is 4.98 Å². The van der Waals surface area contributed by atoms with Crippen molar-refractivity contribution in [2.24, 2.45) is 0 Å². The normalized spacial score (nSPS) is 12.6. The molecule has 90 valence electrons. The van der Waals surface area contributed by atoms with Crippen molar-refractivity contribution in [1.29, 1.82) is 0 Å². The van der Waals surface area contributed by atoms with Gasteiger partial charge >= 0.3 is 0 Å². The summed E-state index contributed by atoms with van der Waals surface area (Å²) in [5.74, 6) is 0. The predicted molar refractivity (Wildman–Crippen MR) is 74.3 cm³/mol. The van der Waals surface area contributed by atoms with Gasteiger partial charge in [0.2, 0.25) is 0 Å². The van der Waals surface area contributed by atoms with E-state index in [4.69, 9.17) is 0 Å². The molecule has 0 aliphatic carbocycles. The highest BCUT2D eigenvalue weighted by Crippen LogP contribution is 2.26. The molecule has 0 radical (unpaired) electrons. The maximum atomic E-state index is 10.3. The van der Waals surface area contributed by atoms with Gasteiger partial charge in [-0.15, -0.1) is 11.3 Å². The molecule has 2 nitrogen and oxygen atoms in total. The zero-order valence-corrected chi connectivity index (χ0v) is 12.0. The summed E-state index contributed by atoms with van der Waals surface area (Å²) in [6.45, 7) is 2.08. The smallest absolute Gasteiger partial charge is 0.0842 e. The number of rotatable bonds is 4. The first kappa shape index (κ1) is 12.7. The van der Waals surface area contributed by atoms with E-state index in [0.717, 1.165) is 22.0 Å². The first-order chi connectivity index (χ1) is 8.20. The van der Waals surface area contributed by atoms with E-state index in [1.165, 1.54) is 4.88 Å². The molecule has 1 unspecified atom stereocenters. The minimum absolute atomic E-state index is 0.446. The molecule has 2 aromatic rings. The Morgan fingerprint density at radius 3 is 3.00 bits per heavy atom. The quantitative estimate of drug-likeness (QED) is 0.933. The molecule has 0 saturated heterocycles. The van der Waals surface area contributed by atoms with Crippen LogP contribution in [0.1, 0.15) is 29.0 Å². The van der Waals surface area contributed by atoms with E-state index < -0.39 is 6.10 Å². The van der Waals surface area contributed by atoms with Gasteiger partial charge in [-0.05, 0) is 45.6 Å². The minimum Gasteiger partial charge on any atom is -0.388 e. The second-order valence-corrected chi connectivity index (χ2v) is 5.79. The van der Waals surface area contributed by atoms with E-state index in [2.05, 4.69) is 33.9 Å². The van der Waals surface area contributed by atoms with Crippen molar-refractivity contribution in [2.45, 2.75) is 25.9 Å². The van der Waals surface area contributed by atoms with Crippen LogP contribution < -0.4 is 0 Å². The second-order valence-electron chi connectivity index (χ2n) is 3.88. The molecule has 17 heavy (non-hydrogen) atoms. The van der Waals surface area contributed by atoms with Crippen LogP contribution in [-0.4, -0.2) is 10.1 Å². The number of hydrogen-bond donors (Lipinski definition) is 1. The molecule has 4 heteroatoms. The van der Waals surface area contributed by atoms with E-state index >= 15 is 0 Å². The number of aliphatic hydroxyl groups is 1. The van der Waals surface area contributed by atoms with Gasteiger partial charge in [0.05, 0.1) is 6.10 Å². The van der Waals surface area contributed by atoms with Crippen LogP contribution in [0.5, 0.6) is 0 Å². The Morgan fingerprint density at radius 2 is 2.35 bits per heavy atom. The minimum atomic E-state index is -0.446. The molecule has 0 aliphatic rings. The lowest BCUT2D eigenvalue weighted by Crippen LogP contribution is -2.04. The van der Waals surface area contributed by atoms with Crippen molar-refractivity contribution in [3.8, 4) is 0 Å². The van der Waals surface area contributed by atoms with Crippen LogP contribution in [0.25, 0.3) is 0 Å². The Labute approximate surface area is 113 Å². The number of pyridine rings is 1. The van der Waals surface area contributed by atoms with Gasteiger partial charge in [0.15, 0.2) is 0 Å². The Kier molecular flexibility index (Phi) is 4.31. The average molecular weight is 312 g/mol. The van der Waals surface area contributed by atoms with Crippen molar-refractivity contribution in [3.05, 3.63) is 50.4 Å². The van der Waals surface area contributed by atoms with E-state index in [1.54, 1.807) is 17.5 Å². The summed E-state index contributed by atoms with van der Waals surface area (Å²) >= 11 is 5.09. The SMILES string of the molecule is CCc1cnccc1C(O)Cc1cc(Br)cs1. The highest BCUT2D eigenvalue weighted by molar-refractivity contribution is 9.10. The Bertz CT molecular complexity index is 498. The monoisotopic (exact) mass is 311 g/mol. The summed E-state index contributed by atoms with van der Waals surface area (Å²) in [7, 11) is 0. The first-order valence-electron chi connectivity index (χ1n) is 5.54. The largest absolute Gasteiger partial charge is 0.388 e. The third kappa shape index (κ3) is 3.15. The van der Waals surface area contributed by atoms with Crippen molar-refractivity contribution < 1.29 is 5.11 Å². The molecular weight excluding hydrogens is 298 g/mol. The molecule has 2 heterocycles. The summed E-state index contributed by atoms with van der Waals surface area (Å²) in [4.78, 5) is 5.28. The van der Waals surface area contributed by atoms with Gasteiger partial charge in [-0.25, -0.2) is 0 Å². The molecule has 0 aromatic carbocycles. The molecule has 1 atom stereocenters. The molecule has 0 fully saturated rings. The zero-order chi connectivity index (χ0) is 12.3. The zero-order valence-electron chi connectivity index (χ0n) is 9.56. The molecule has 2 rings (SSSR count). The summed E-state index contributed by atoms with van der Waals surface area (Å²) in [6.07, 6.45) is 4.69. The topological polar surface area (TPSA) is 33.1 Å². The third-order valence-corrected chi connectivity index (χ3v) is 4.42. The molecule has 2 aromatic heterocycles. The standard InChI is InChI=1S/C13H14BrNOS/c1-2-9-7-15-4-3-12(9)13(16)6-11-5-10(14)8-17-11/h3-5,7-8,13,16H,2,6H2,1H3. The summed E-state index contributed by atoms with van der Waals surface area (Å²) in [5, 5.41) is 12.3. The van der Waals surface area contributed by atoms with Crippen LogP contribution in [0.2, 0.25) is 0 Å². The lowest BCUT2D eigenvalue weighted by atomic mass is 10.0. The summed E-state index contributed by atoms with van der Waals surface area (Å²) < 4.78 is 1.08. The van der Waals surface area contributed by atoms with E-state index in [0.29, 0.717) is 6.42 Å². The Hall–Kier alpha value is -0.710. The average Bonchev–Trinajstić information content (AvgIpc) is 2.74. The van der Waals surface area contributed by atoms with E-state index in [9.17, 15) is 5.11 Å². The lowest BCUT2D eigenvalue weighted by Gasteiger charge is -2.13. The van der Waals surface area contributed by atoms with Crippen molar-refractivity contribution in [2.75, 3.05) is 0 Å². The van der Waals surface area contributed by atoms with Gasteiger partial charge in [-0.2, -0.15) is 0 Å². The van der Waals surface area contributed by atoms with E-state index in [-0.39, 0.29) is 0 Å². The highest BCUT2D eigenvalue weighted by atomic mass is 79.9. The first-order valence-corrected chi connectivity index (χ1v) is 7.21. The highest BCUT2D eigenvalue weighted by Gasteiger charge is 2.13. The maximum Gasteiger partial charge on any atom is 0.0842 e. The van der Waals surface area contributed by atoms with Gasteiger partial charge in [0.1, 0.15) is 0 Å². The Morgan fingerprint density at radius 1 is 1.53 bits per heavy atom. The van der Waals surface area contributed by atoms with Crippen molar-refractivity contribution >= 4 is 27.3 Å². The van der Waals surface area contributed by atoms with Crippen molar-refractivity contribution in [3.63, 3.8) is 0 Å². The number of halogens is 1. The van der Waals surface area contributed by atoms with Crippen LogP contribution in [0, 0.1) is 0 Å². The van der Waals surface area contributed by atoms with Gasteiger partial charge in [-0.1, -0.05) is 6.92 Å². The number of aromatic nitrogens is 1. The number of aliphatic hydroxyl groups excluding tert-OH is 1. The predicted octanol–water partition coefficient (Wildman–Crippen LogP) is 3.74. The molecule has 0 amide bonds. The second kappa shape index (κ2) is 5.76. The fourth-order valence-corrected chi connectivity index (χ4v) is 3.31. The van der Waals surface area contributed by atoms with Crippen LogP contribution >= 0.6 is 27.3 Å². The van der Waals surface area contributed by atoms with Gasteiger partial charge < -0.3 is 5.11 Å². The number of aryl methyl sites for hydroxylation is 1. The molecule has 1 N–H and O–H groups in total. The Balaban J connectivity index is 2.16. The fourth-order valence-electron chi connectivity index (χ4n) is 1.82. The molecule has 0 bridgehead atoms. The van der Waals surface area contributed by atoms with Crippen molar-refractivity contribution in [1.82, 2.24) is 4.98 Å². The summed E-state index contributed by atoms with van der Waals surface area (Å²) in [6, 6.07) is 3.97. The maximum absolute atomic E-state index is 10.3. The lowest BCUT2D eigenvalue weighted by molar-refractivity contribution is 0.178. The number of nitrogens with zero attached hydrogens (tertiary/aromatic N) is 1. The third-order valence-electron chi connectivity index (χ3n) is 2.70. The number of thiophene rings is 1. The van der Waals surface area contributed by atoms with E-state index in [1.807, 2.05) is 17.6 Å². The molecule has 0 spiro atoms. The van der Waals surface area contributed by atoms with Gasteiger partial charge in [0, 0.05) is 33.5 Å². The summed E-state index contributed by atoms with van der Waals surface area (Å²) in [5.41, 5.74) is 2.11.